The molecule has 0 saturated carbocycles. The lowest BCUT2D eigenvalue weighted by atomic mass is 10.2. The third-order valence-electron chi connectivity index (χ3n) is 2.40. The molecule has 3 aromatic rings. The van der Waals surface area contributed by atoms with Crippen molar-refractivity contribution in [3.8, 4) is 0 Å². The van der Waals surface area contributed by atoms with Crippen LogP contribution in [0.15, 0.2) is 58.8 Å². The molecule has 5 heteroatoms. The van der Waals surface area contributed by atoms with Gasteiger partial charge in [-0.3, -0.25) is 0 Å². The Hall–Kier alpha value is -2.01. The van der Waals surface area contributed by atoms with E-state index in [2.05, 4.69) is 15.0 Å². The van der Waals surface area contributed by atoms with Gasteiger partial charge in [0.25, 0.3) is 0 Å². The number of benzene rings is 1. The molecule has 2 aromatic heterocycles. The minimum Gasteiger partial charge on any atom is -0.236 e. The van der Waals surface area contributed by atoms with Crippen molar-refractivity contribution >= 4 is 22.7 Å². The van der Waals surface area contributed by atoms with Crippen molar-refractivity contribution < 1.29 is 4.39 Å². The van der Waals surface area contributed by atoms with Crippen molar-refractivity contribution in [3.63, 3.8) is 0 Å². The molecule has 0 aliphatic rings. The summed E-state index contributed by atoms with van der Waals surface area (Å²) in [5.41, 5.74) is 0.867. The molecule has 0 saturated heterocycles. The summed E-state index contributed by atoms with van der Waals surface area (Å²) in [5, 5.41) is 2.30. The average molecular weight is 257 g/mol. The zero-order valence-electron chi connectivity index (χ0n) is 9.25. The van der Waals surface area contributed by atoms with Crippen LogP contribution in [0.2, 0.25) is 0 Å². The van der Waals surface area contributed by atoms with E-state index in [4.69, 9.17) is 0 Å². The van der Waals surface area contributed by atoms with E-state index < -0.39 is 5.95 Å². The minimum atomic E-state index is -0.488. The molecule has 0 spiro atoms. The Labute approximate surface area is 107 Å². The van der Waals surface area contributed by atoms with Crippen LogP contribution in [-0.4, -0.2) is 15.0 Å². The first-order chi connectivity index (χ1) is 8.83. The smallest absolute Gasteiger partial charge is 0.213 e. The van der Waals surface area contributed by atoms with Gasteiger partial charge in [-0.1, -0.05) is 24.3 Å². The first-order valence-electron chi connectivity index (χ1n) is 5.33. The molecule has 0 aliphatic heterocycles. The summed E-state index contributed by atoms with van der Waals surface area (Å²) in [6.07, 6.45) is 1.50. The van der Waals surface area contributed by atoms with E-state index >= 15 is 0 Å². The summed E-state index contributed by atoms with van der Waals surface area (Å²) in [6, 6.07) is 12.4. The largest absolute Gasteiger partial charge is 0.236 e. The molecule has 18 heavy (non-hydrogen) atoms. The summed E-state index contributed by atoms with van der Waals surface area (Å²) in [5.74, 6) is -0.488. The minimum absolute atomic E-state index is 0.488. The van der Waals surface area contributed by atoms with Crippen LogP contribution in [0.25, 0.3) is 10.9 Å². The molecule has 0 amide bonds. The lowest BCUT2D eigenvalue weighted by Gasteiger charge is -2.03. The maximum absolute atomic E-state index is 13.0. The number of nitrogens with zero attached hydrogens (tertiary/aromatic N) is 3. The van der Waals surface area contributed by atoms with Crippen molar-refractivity contribution in [2.45, 2.75) is 10.1 Å². The van der Waals surface area contributed by atoms with E-state index in [9.17, 15) is 4.39 Å². The van der Waals surface area contributed by atoms with E-state index in [1.807, 2.05) is 24.3 Å². The Kier molecular flexibility index (Phi) is 2.90. The zero-order chi connectivity index (χ0) is 12.4. The van der Waals surface area contributed by atoms with E-state index in [1.165, 1.54) is 24.2 Å². The summed E-state index contributed by atoms with van der Waals surface area (Å²) < 4.78 is 13.0. The summed E-state index contributed by atoms with van der Waals surface area (Å²) >= 11 is 1.33. The molecule has 0 radical (unpaired) electrons. The quantitative estimate of drug-likeness (QED) is 0.521. The van der Waals surface area contributed by atoms with Crippen LogP contribution in [0.4, 0.5) is 4.39 Å². The summed E-state index contributed by atoms with van der Waals surface area (Å²) in [4.78, 5) is 12.2. The Morgan fingerprint density at radius 1 is 0.944 bits per heavy atom. The highest BCUT2D eigenvalue weighted by Crippen LogP contribution is 2.29. The number of hydrogen-bond donors (Lipinski definition) is 0. The number of hydrogen-bond acceptors (Lipinski definition) is 4. The van der Waals surface area contributed by atoms with Crippen LogP contribution >= 0.6 is 11.8 Å². The topological polar surface area (TPSA) is 38.7 Å². The average Bonchev–Trinajstić information content (AvgIpc) is 2.39. The van der Waals surface area contributed by atoms with E-state index in [0.29, 0.717) is 5.03 Å². The van der Waals surface area contributed by atoms with Gasteiger partial charge in [-0.15, -0.1) is 0 Å². The van der Waals surface area contributed by atoms with Crippen LogP contribution < -0.4 is 0 Å². The fourth-order valence-electron chi connectivity index (χ4n) is 1.61. The molecule has 2 heterocycles. The van der Waals surface area contributed by atoms with Crippen LogP contribution in [0.1, 0.15) is 0 Å². The SMILES string of the molecule is Fc1cccc(Sc2ncnc3ccccc23)n1. The normalized spacial score (nSPS) is 10.7. The van der Waals surface area contributed by atoms with Gasteiger partial charge in [-0.2, -0.15) is 4.39 Å². The third kappa shape index (κ3) is 2.17. The third-order valence-corrected chi connectivity index (χ3v) is 3.35. The van der Waals surface area contributed by atoms with Crippen LogP contribution in [0.3, 0.4) is 0 Å². The van der Waals surface area contributed by atoms with Gasteiger partial charge in [-0.05, 0) is 30.0 Å². The number of para-hydroxylation sites is 1. The van der Waals surface area contributed by atoms with Gasteiger partial charge in [-0.25, -0.2) is 15.0 Å². The van der Waals surface area contributed by atoms with Crippen molar-refractivity contribution in [2.75, 3.05) is 0 Å². The maximum atomic E-state index is 13.0. The number of halogens is 1. The molecule has 3 nitrogen and oxygen atoms in total. The van der Waals surface area contributed by atoms with Crippen molar-refractivity contribution in [2.24, 2.45) is 0 Å². The first-order valence-corrected chi connectivity index (χ1v) is 6.15. The van der Waals surface area contributed by atoms with Crippen molar-refractivity contribution in [1.29, 1.82) is 0 Å². The van der Waals surface area contributed by atoms with Gasteiger partial charge in [0.1, 0.15) is 16.4 Å². The van der Waals surface area contributed by atoms with E-state index in [-0.39, 0.29) is 0 Å². The second-order valence-electron chi connectivity index (χ2n) is 3.60. The number of aromatic nitrogens is 3. The molecule has 0 fully saturated rings. The van der Waals surface area contributed by atoms with Crippen molar-refractivity contribution in [1.82, 2.24) is 15.0 Å². The second-order valence-corrected chi connectivity index (χ2v) is 4.61. The molecule has 0 unspecified atom stereocenters. The first kappa shape index (κ1) is 11.1. The standard InChI is InChI=1S/C13H8FN3S/c14-11-6-3-7-12(17-11)18-13-9-4-1-2-5-10(9)15-8-16-13/h1-8H. The monoisotopic (exact) mass is 257 g/mol. The number of pyridine rings is 1. The van der Waals surface area contributed by atoms with Gasteiger partial charge in [0.15, 0.2) is 0 Å². The van der Waals surface area contributed by atoms with Gasteiger partial charge in [0.05, 0.1) is 5.52 Å². The lowest BCUT2D eigenvalue weighted by Crippen LogP contribution is -1.89. The van der Waals surface area contributed by atoms with E-state index in [0.717, 1.165) is 15.9 Å². The van der Waals surface area contributed by atoms with Crippen LogP contribution in [0, 0.1) is 5.95 Å². The molecule has 88 valence electrons. The molecule has 3 rings (SSSR count). The van der Waals surface area contributed by atoms with Crippen molar-refractivity contribution in [3.05, 3.63) is 54.7 Å². The Morgan fingerprint density at radius 2 is 1.83 bits per heavy atom. The lowest BCUT2D eigenvalue weighted by molar-refractivity contribution is 0.572. The fraction of sp³-hybridized carbons (Fsp3) is 0. The predicted molar refractivity (Wildman–Crippen MR) is 67.9 cm³/mol. The van der Waals surface area contributed by atoms with Gasteiger partial charge in [0, 0.05) is 5.39 Å². The number of fused-ring (bicyclic) bond motifs is 1. The Bertz CT molecular complexity index is 697. The maximum Gasteiger partial charge on any atom is 0.213 e. The van der Waals surface area contributed by atoms with E-state index in [1.54, 1.807) is 12.1 Å². The Morgan fingerprint density at radius 3 is 2.72 bits per heavy atom. The molecule has 0 bridgehead atoms. The molecule has 1 aromatic carbocycles. The van der Waals surface area contributed by atoms with Gasteiger partial charge in [0.2, 0.25) is 5.95 Å². The zero-order valence-corrected chi connectivity index (χ0v) is 10.1. The Balaban J connectivity index is 2.05. The highest BCUT2D eigenvalue weighted by atomic mass is 32.2. The van der Waals surface area contributed by atoms with Gasteiger partial charge < -0.3 is 0 Å². The van der Waals surface area contributed by atoms with Crippen LogP contribution in [-0.2, 0) is 0 Å². The highest BCUT2D eigenvalue weighted by Gasteiger charge is 2.06. The summed E-state index contributed by atoms with van der Waals surface area (Å²) in [7, 11) is 0. The molecule has 0 N–H and O–H groups in total. The molecule has 0 atom stereocenters. The second kappa shape index (κ2) is 4.70. The summed E-state index contributed by atoms with van der Waals surface area (Å²) in [6.45, 7) is 0. The predicted octanol–water partition coefficient (Wildman–Crippen LogP) is 3.32. The highest BCUT2D eigenvalue weighted by molar-refractivity contribution is 7.99. The fourth-order valence-corrected chi connectivity index (χ4v) is 2.47. The molecule has 0 aliphatic carbocycles. The molecular weight excluding hydrogens is 249 g/mol. The molecular formula is C13H8FN3S. The van der Waals surface area contributed by atoms with Gasteiger partial charge >= 0.3 is 0 Å². The number of rotatable bonds is 2. The van der Waals surface area contributed by atoms with Crippen LogP contribution in [0.5, 0.6) is 0 Å².